The van der Waals surface area contributed by atoms with Crippen molar-refractivity contribution < 1.29 is 4.79 Å². The van der Waals surface area contributed by atoms with Crippen LogP contribution in [0.4, 0.5) is 0 Å². The number of nitrogens with zero attached hydrogens (tertiary/aromatic N) is 1. The zero-order chi connectivity index (χ0) is 11.8. The average molecular weight is 224 g/mol. The molecule has 1 saturated carbocycles. The molecule has 1 amide bonds. The van der Waals surface area contributed by atoms with Crippen LogP contribution in [0.15, 0.2) is 5.10 Å². The summed E-state index contributed by atoms with van der Waals surface area (Å²) in [4.78, 5) is 11.8. The maximum Gasteiger partial charge on any atom is 0.243 e. The first kappa shape index (κ1) is 13.2. The summed E-state index contributed by atoms with van der Waals surface area (Å²) in [5.41, 5.74) is 3.74. The fourth-order valence-corrected chi connectivity index (χ4v) is 2.10. The Bertz CT molecular complexity index is 242. The van der Waals surface area contributed by atoms with Crippen LogP contribution in [0.25, 0.3) is 0 Å². The van der Waals surface area contributed by atoms with E-state index in [2.05, 4.69) is 17.5 Å². The molecule has 1 aliphatic carbocycles. The molecule has 16 heavy (non-hydrogen) atoms. The van der Waals surface area contributed by atoms with Crippen molar-refractivity contribution in [1.29, 1.82) is 0 Å². The minimum Gasteiger partial charge on any atom is -0.273 e. The van der Waals surface area contributed by atoms with Gasteiger partial charge in [-0.3, -0.25) is 4.79 Å². The first-order valence-corrected chi connectivity index (χ1v) is 6.57. The van der Waals surface area contributed by atoms with Gasteiger partial charge in [-0.1, -0.05) is 32.6 Å². The van der Waals surface area contributed by atoms with Crippen LogP contribution in [0.1, 0.15) is 65.2 Å². The van der Waals surface area contributed by atoms with Crippen molar-refractivity contribution in [2.75, 3.05) is 0 Å². The summed E-state index contributed by atoms with van der Waals surface area (Å²) in [6, 6.07) is 0. The van der Waals surface area contributed by atoms with Gasteiger partial charge in [-0.05, 0) is 32.6 Å². The highest BCUT2D eigenvalue weighted by atomic mass is 16.2. The van der Waals surface area contributed by atoms with E-state index in [4.69, 9.17) is 0 Å². The number of carbonyl (C=O) groups is 1. The first-order chi connectivity index (χ1) is 7.74. The van der Waals surface area contributed by atoms with E-state index >= 15 is 0 Å². The number of hydrogen-bond donors (Lipinski definition) is 1. The third-order valence-electron chi connectivity index (χ3n) is 3.23. The molecule has 1 rings (SSSR count). The molecule has 0 aromatic rings. The van der Waals surface area contributed by atoms with E-state index in [1.807, 2.05) is 6.92 Å². The molecule has 0 saturated heterocycles. The van der Waals surface area contributed by atoms with Gasteiger partial charge in [0.1, 0.15) is 0 Å². The van der Waals surface area contributed by atoms with E-state index in [1.165, 1.54) is 25.7 Å². The highest BCUT2D eigenvalue weighted by Gasteiger charge is 2.20. The molecule has 3 nitrogen and oxygen atoms in total. The van der Waals surface area contributed by atoms with E-state index in [0.717, 1.165) is 31.4 Å². The van der Waals surface area contributed by atoms with Gasteiger partial charge in [0.25, 0.3) is 0 Å². The van der Waals surface area contributed by atoms with E-state index in [-0.39, 0.29) is 11.8 Å². The van der Waals surface area contributed by atoms with Crippen LogP contribution in [0, 0.1) is 5.92 Å². The molecule has 0 heterocycles. The largest absolute Gasteiger partial charge is 0.273 e. The number of amides is 1. The Hall–Kier alpha value is -0.860. The number of carbonyl (C=O) groups excluding carboxylic acids is 1. The Kier molecular flexibility index (Phi) is 6.12. The summed E-state index contributed by atoms with van der Waals surface area (Å²) < 4.78 is 0. The molecule has 3 heteroatoms. The molecule has 0 aromatic carbocycles. The molecular weight excluding hydrogens is 200 g/mol. The van der Waals surface area contributed by atoms with Crippen molar-refractivity contribution in [2.24, 2.45) is 11.0 Å². The van der Waals surface area contributed by atoms with Gasteiger partial charge in [0.15, 0.2) is 0 Å². The third kappa shape index (κ3) is 4.77. The summed E-state index contributed by atoms with van der Waals surface area (Å²) in [5, 5.41) is 4.15. The fourth-order valence-electron chi connectivity index (χ4n) is 2.10. The van der Waals surface area contributed by atoms with Crippen LogP contribution in [-0.2, 0) is 4.79 Å². The second-order valence-electron chi connectivity index (χ2n) is 4.76. The zero-order valence-electron chi connectivity index (χ0n) is 10.6. The minimum atomic E-state index is 0.121. The van der Waals surface area contributed by atoms with E-state index < -0.39 is 0 Å². The number of hydrogen-bond acceptors (Lipinski definition) is 2. The molecule has 0 aromatic heterocycles. The SMILES string of the molecule is CCCCC(C)=NNC(=O)C1CCCCC1. The maximum absolute atomic E-state index is 11.8. The second kappa shape index (κ2) is 7.42. The molecule has 0 unspecified atom stereocenters. The van der Waals surface area contributed by atoms with E-state index in [9.17, 15) is 4.79 Å². The van der Waals surface area contributed by atoms with Gasteiger partial charge in [-0.2, -0.15) is 5.10 Å². The number of hydrazone groups is 1. The zero-order valence-corrected chi connectivity index (χ0v) is 10.6. The highest BCUT2D eigenvalue weighted by Crippen LogP contribution is 2.23. The first-order valence-electron chi connectivity index (χ1n) is 6.57. The smallest absolute Gasteiger partial charge is 0.243 e. The minimum absolute atomic E-state index is 0.121. The van der Waals surface area contributed by atoms with Gasteiger partial charge < -0.3 is 0 Å². The Morgan fingerprint density at radius 2 is 2.00 bits per heavy atom. The number of unbranched alkanes of at least 4 members (excludes halogenated alkanes) is 1. The predicted octanol–water partition coefficient (Wildman–Crippen LogP) is 3.25. The third-order valence-corrected chi connectivity index (χ3v) is 3.23. The summed E-state index contributed by atoms with van der Waals surface area (Å²) in [5.74, 6) is 0.326. The van der Waals surface area contributed by atoms with Crippen molar-refractivity contribution in [3.05, 3.63) is 0 Å². The van der Waals surface area contributed by atoms with Crippen LogP contribution >= 0.6 is 0 Å². The van der Waals surface area contributed by atoms with Gasteiger partial charge in [0.05, 0.1) is 0 Å². The van der Waals surface area contributed by atoms with Crippen molar-refractivity contribution >= 4 is 11.6 Å². The Balaban J connectivity index is 2.27. The van der Waals surface area contributed by atoms with E-state index in [1.54, 1.807) is 0 Å². The lowest BCUT2D eigenvalue weighted by Gasteiger charge is -2.19. The average Bonchev–Trinajstić information content (AvgIpc) is 2.34. The molecule has 0 bridgehead atoms. The number of nitrogens with one attached hydrogen (secondary N) is 1. The monoisotopic (exact) mass is 224 g/mol. The molecule has 0 atom stereocenters. The van der Waals surface area contributed by atoms with Gasteiger partial charge >= 0.3 is 0 Å². The van der Waals surface area contributed by atoms with Gasteiger partial charge in [0.2, 0.25) is 5.91 Å². The molecule has 0 aliphatic heterocycles. The van der Waals surface area contributed by atoms with Gasteiger partial charge in [-0.25, -0.2) is 5.43 Å². The topological polar surface area (TPSA) is 41.5 Å². The van der Waals surface area contributed by atoms with Crippen LogP contribution in [0.5, 0.6) is 0 Å². The van der Waals surface area contributed by atoms with Gasteiger partial charge in [0, 0.05) is 11.6 Å². The molecule has 0 spiro atoms. The summed E-state index contributed by atoms with van der Waals surface area (Å²) in [6.07, 6.45) is 9.04. The Morgan fingerprint density at radius 3 is 2.62 bits per heavy atom. The molecule has 1 aliphatic rings. The molecule has 1 fully saturated rings. The lowest BCUT2D eigenvalue weighted by molar-refractivity contribution is -0.125. The second-order valence-corrected chi connectivity index (χ2v) is 4.76. The normalized spacial score (nSPS) is 18.5. The lowest BCUT2D eigenvalue weighted by Crippen LogP contribution is -2.29. The van der Waals surface area contributed by atoms with Crippen LogP contribution in [0.2, 0.25) is 0 Å². The fraction of sp³-hybridized carbons (Fsp3) is 0.846. The highest BCUT2D eigenvalue weighted by molar-refractivity contribution is 5.85. The molecule has 92 valence electrons. The predicted molar refractivity (Wildman–Crippen MR) is 67.4 cm³/mol. The van der Waals surface area contributed by atoms with Crippen molar-refractivity contribution in [3.63, 3.8) is 0 Å². The number of rotatable bonds is 5. The molecule has 1 N–H and O–H groups in total. The standard InChI is InChI=1S/C13H24N2O/c1-3-4-8-11(2)14-15-13(16)12-9-6-5-7-10-12/h12H,3-10H2,1-2H3,(H,15,16). The van der Waals surface area contributed by atoms with Crippen LogP contribution in [0.3, 0.4) is 0 Å². The molecular formula is C13H24N2O. The van der Waals surface area contributed by atoms with E-state index in [0.29, 0.717) is 0 Å². The van der Waals surface area contributed by atoms with Crippen LogP contribution < -0.4 is 5.43 Å². The van der Waals surface area contributed by atoms with Crippen LogP contribution in [-0.4, -0.2) is 11.6 Å². The summed E-state index contributed by atoms with van der Waals surface area (Å²) in [7, 11) is 0. The Labute approximate surface area is 98.7 Å². The molecule has 0 radical (unpaired) electrons. The quantitative estimate of drug-likeness (QED) is 0.565. The van der Waals surface area contributed by atoms with Crippen molar-refractivity contribution in [3.8, 4) is 0 Å². The van der Waals surface area contributed by atoms with Gasteiger partial charge in [-0.15, -0.1) is 0 Å². The lowest BCUT2D eigenvalue weighted by atomic mass is 9.89. The summed E-state index contributed by atoms with van der Waals surface area (Å²) in [6.45, 7) is 4.14. The van der Waals surface area contributed by atoms with Crippen molar-refractivity contribution in [2.45, 2.75) is 65.2 Å². The summed E-state index contributed by atoms with van der Waals surface area (Å²) >= 11 is 0. The van der Waals surface area contributed by atoms with Crippen molar-refractivity contribution in [1.82, 2.24) is 5.43 Å². The Morgan fingerprint density at radius 1 is 1.31 bits per heavy atom. The maximum atomic E-state index is 11.8.